The highest BCUT2D eigenvalue weighted by molar-refractivity contribution is 7.91. The number of carbonyl (C=O) groups is 2. The molecule has 1 aromatic carbocycles. The van der Waals surface area contributed by atoms with Gasteiger partial charge >= 0.3 is 0 Å². The number of hydrazone groups is 1. The topological polar surface area (TPSA) is 114 Å². The molecule has 0 bridgehead atoms. The first kappa shape index (κ1) is 19.3. The summed E-state index contributed by atoms with van der Waals surface area (Å²) in [7, 11) is -3.16. The van der Waals surface area contributed by atoms with E-state index in [0.29, 0.717) is 18.7 Å². The number of sulfone groups is 1. The van der Waals surface area contributed by atoms with Crippen LogP contribution in [0.15, 0.2) is 47.8 Å². The fourth-order valence-corrected chi connectivity index (χ4v) is 5.22. The molecule has 3 heterocycles. The van der Waals surface area contributed by atoms with Crippen LogP contribution in [0.5, 0.6) is 0 Å². The summed E-state index contributed by atoms with van der Waals surface area (Å²) in [5.41, 5.74) is 1.75. The van der Waals surface area contributed by atoms with E-state index in [0.717, 1.165) is 5.56 Å². The lowest BCUT2D eigenvalue weighted by Crippen LogP contribution is -2.42. The molecule has 0 radical (unpaired) electrons. The zero-order valence-electron chi connectivity index (χ0n) is 15.7. The fraction of sp³-hybridized carbons (Fsp3) is 0.368. The molecule has 2 aromatic rings. The first-order chi connectivity index (χ1) is 13.9. The quantitative estimate of drug-likeness (QED) is 0.784. The van der Waals surface area contributed by atoms with Crippen molar-refractivity contribution in [2.24, 2.45) is 5.10 Å². The van der Waals surface area contributed by atoms with E-state index in [9.17, 15) is 18.0 Å². The van der Waals surface area contributed by atoms with E-state index in [1.807, 2.05) is 30.5 Å². The number of amides is 2. The molecule has 1 saturated heterocycles. The number of nitrogens with one attached hydrogen (secondary N) is 1. The van der Waals surface area contributed by atoms with Crippen LogP contribution >= 0.6 is 0 Å². The molecule has 0 saturated carbocycles. The number of carbonyl (C=O) groups excluding carboxylic acids is 2. The number of hydrogen-bond donors (Lipinski definition) is 1. The summed E-state index contributed by atoms with van der Waals surface area (Å²) < 4.78 is 25.2. The standard InChI is InChI=1S/C19H21N5O4S/c25-18-7-6-17(22-24(18)15-8-11-29(27,28)13-15)19(26)21-16-5-2-1-4-14(16)12-23-10-3-9-20-23/h1-5,9-10,15H,6-8,11-13H2,(H,21,26). The third-order valence-electron chi connectivity index (χ3n) is 5.03. The molecule has 1 atom stereocenters. The highest BCUT2D eigenvalue weighted by Crippen LogP contribution is 2.23. The average molecular weight is 415 g/mol. The molecule has 0 aliphatic carbocycles. The van der Waals surface area contributed by atoms with Crippen molar-refractivity contribution in [3.05, 3.63) is 48.3 Å². The second-order valence-corrected chi connectivity index (χ2v) is 9.39. The maximum atomic E-state index is 12.8. The van der Waals surface area contributed by atoms with Crippen molar-refractivity contribution >= 4 is 33.1 Å². The number of hydrogen-bond acceptors (Lipinski definition) is 6. The normalized spacial score (nSPS) is 21.1. The Bertz CT molecular complexity index is 1060. The number of aromatic nitrogens is 2. The predicted octanol–water partition coefficient (Wildman–Crippen LogP) is 1.04. The fourth-order valence-electron chi connectivity index (χ4n) is 3.53. The van der Waals surface area contributed by atoms with E-state index in [1.54, 1.807) is 16.9 Å². The molecule has 1 N–H and O–H groups in total. The summed E-state index contributed by atoms with van der Waals surface area (Å²) in [4.78, 5) is 25.0. The van der Waals surface area contributed by atoms with Crippen LogP contribution in [0, 0.1) is 0 Å². The summed E-state index contributed by atoms with van der Waals surface area (Å²) in [5, 5.41) is 12.5. The maximum absolute atomic E-state index is 12.8. The average Bonchev–Trinajstić information content (AvgIpc) is 3.33. The van der Waals surface area contributed by atoms with Gasteiger partial charge in [0.05, 0.1) is 24.1 Å². The largest absolute Gasteiger partial charge is 0.321 e. The van der Waals surface area contributed by atoms with Crippen LogP contribution in [-0.2, 0) is 26.0 Å². The van der Waals surface area contributed by atoms with E-state index in [4.69, 9.17) is 0 Å². The molecular weight excluding hydrogens is 394 g/mol. The van der Waals surface area contributed by atoms with E-state index in [-0.39, 0.29) is 36.0 Å². The predicted molar refractivity (Wildman–Crippen MR) is 107 cm³/mol. The molecule has 2 aliphatic heterocycles. The van der Waals surface area contributed by atoms with Gasteiger partial charge in [0.1, 0.15) is 5.71 Å². The van der Waals surface area contributed by atoms with Crippen LogP contribution in [0.1, 0.15) is 24.8 Å². The SMILES string of the molecule is O=C(Nc1ccccc1Cn1cccn1)C1=NN(C2CCS(=O)(=O)C2)C(=O)CC1. The Labute approximate surface area is 168 Å². The van der Waals surface area contributed by atoms with Crippen LogP contribution in [0.3, 0.4) is 0 Å². The Morgan fingerprint density at radius 2 is 2.03 bits per heavy atom. The van der Waals surface area contributed by atoms with Gasteiger partial charge in [-0.2, -0.15) is 10.2 Å². The first-order valence-electron chi connectivity index (χ1n) is 9.38. The Morgan fingerprint density at radius 3 is 2.76 bits per heavy atom. The van der Waals surface area contributed by atoms with Crippen LogP contribution in [0.4, 0.5) is 5.69 Å². The Hall–Kier alpha value is -3.01. The number of anilines is 1. The molecule has 0 spiro atoms. The number of benzene rings is 1. The minimum atomic E-state index is -3.16. The van der Waals surface area contributed by atoms with Gasteiger partial charge in [0.25, 0.3) is 5.91 Å². The molecule has 1 unspecified atom stereocenters. The van der Waals surface area contributed by atoms with Crippen molar-refractivity contribution in [3.63, 3.8) is 0 Å². The Morgan fingerprint density at radius 1 is 1.21 bits per heavy atom. The van der Waals surface area contributed by atoms with Crippen molar-refractivity contribution < 1.29 is 18.0 Å². The number of rotatable bonds is 5. The molecule has 2 aliphatic rings. The minimum absolute atomic E-state index is 0.0410. The van der Waals surface area contributed by atoms with Gasteiger partial charge < -0.3 is 5.32 Å². The molecule has 1 aromatic heterocycles. The third-order valence-corrected chi connectivity index (χ3v) is 6.78. The lowest BCUT2D eigenvalue weighted by atomic mass is 10.1. The molecule has 4 rings (SSSR count). The second kappa shape index (κ2) is 7.78. The van der Waals surface area contributed by atoms with Crippen molar-refractivity contribution in [1.29, 1.82) is 0 Å². The Balaban J connectivity index is 1.51. The summed E-state index contributed by atoms with van der Waals surface area (Å²) in [5.74, 6) is -0.706. The zero-order chi connectivity index (χ0) is 20.4. The lowest BCUT2D eigenvalue weighted by Gasteiger charge is -2.27. The monoisotopic (exact) mass is 415 g/mol. The van der Waals surface area contributed by atoms with E-state index < -0.39 is 21.8 Å². The molecule has 9 nitrogen and oxygen atoms in total. The van der Waals surface area contributed by atoms with Crippen LogP contribution in [0.25, 0.3) is 0 Å². The minimum Gasteiger partial charge on any atom is -0.321 e. The second-order valence-electron chi connectivity index (χ2n) is 7.16. The van der Waals surface area contributed by atoms with Gasteiger partial charge in [-0.3, -0.25) is 14.3 Å². The summed E-state index contributed by atoms with van der Waals surface area (Å²) in [6.45, 7) is 0.500. The molecular formula is C19H21N5O4S. The van der Waals surface area contributed by atoms with Gasteiger partial charge in [0, 0.05) is 30.9 Å². The number of para-hydroxylation sites is 1. The summed E-state index contributed by atoms with van der Waals surface area (Å²) >= 11 is 0. The van der Waals surface area contributed by atoms with Crippen LogP contribution in [0.2, 0.25) is 0 Å². The molecule has 10 heteroatoms. The van der Waals surface area contributed by atoms with Crippen molar-refractivity contribution in [2.45, 2.75) is 31.8 Å². The Kier molecular flexibility index (Phi) is 5.18. The van der Waals surface area contributed by atoms with Crippen molar-refractivity contribution in [3.8, 4) is 0 Å². The molecule has 2 amide bonds. The number of nitrogens with zero attached hydrogens (tertiary/aromatic N) is 4. The van der Waals surface area contributed by atoms with Crippen LogP contribution in [-0.4, -0.2) is 58.3 Å². The summed E-state index contributed by atoms with van der Waals surface area (Å²) in [6.07, 6.45) is 4.23. The van der Waals surface area contributed by atoms with E-state index in [2.05, 4.69) is 15.5 Å². The van der Waals surface area contributed by atoms with Gasteiger partial charge in [-0.15, -0.1) is 0 Å². The highest BCUT2D eigenvalue weighted by atomic mass is 32.2. The van der Waals surface area contributed by atoms with Gasteiger partial charge in [-0.05, 0) is 24.1 Å². The van der Waals surface area contributed by atoms with E-state index >= 15 is 0 Å². The molecule has 1 fully saturated rings. The van der Waals surface area contributed by atoms with Gasteiger partial charge in [-0.25, -0.2) is 13.4 Å². The first-order valence-corrected chi connectivity index (χ1v) is 11.2. The van der Waals surface area contributed by atoms with Gasteiger partial charge in [0.2, 0.25) is 5.91 Å². The van der Waals surface area contributed by atoms with Crippen LogP contribution < -0.4 is 5.32 Å². The maximum Gasteiger partial charge on any atom is 0.271 e. The van der Waals surface area contributed by atoms with Gasteiger partial charge in [-0.1, -0.05) is 18.2 Å². The lowest BCUT2D eigenvalue weighted by molar-refractivity contribution is -0.133. The summed E-state index contributed by atoms with van der Waals surface area (Å²) in [6, 6.07) is 8.73. The van der Waals surface area contributed by atoms with E-state index in [1.165, 1.54) is 5.01 Å². The molecule has 29 heavy (non-hydrogen) atoms. The molecule has 152 valence electrons. The zero-order valence-corrected chi connectivity index (χ0v) is 16.5. The highest BCUT2D eigenvalue weighted by Gasteiger charge is 2.37. The van der Waals surface area contributed by atoms with Crippen molar-refractivity contribution in [1.82, 2.24) is 14.8 Å². The third kappa shape index (κ3) is 4.37. The van der Waals surface area contributed by atoms with Crippen molar-refractivity contribution in [2.75, 3.05) is 16.8 Å². The smallest absolute Gasteiger partial charge is 0.271 e. The van der Waals surface area contributed by atoms with Gasteiger partial charge in [0.15, 0.2) is 9.84 Å².